The Kier molecular flexibility index (Phi) is 4.80. The summed E-state index contributed by atoms with van der Waals surface area (Å²) in [4.78, 5) is 23.1. The van der Waals surface area contributed by atoms with Crippen molar-refractivity contribution in [3.8, 4) is 0 Å². The molecule has 0 aliphatic carbocycles. The van der Waals surface area contributed by atoms with E-state index in [4.69, 9.17) is 4.74 Å². The lowest BCUT2D eigenvalue weighted by Crippen LogP contribution is -2.52. The highest BCUT2D eigenvalue weighted by molar-refractivity contribution is 5.79. The Hall–Kier alpha value is -2.08. The van der Waals surface area contributed by atoms with Crippen LogP contribution in [0.15, 0.2) is 30.3 Å². The van der Waals surface area contributed by atoms with Gasteiger partial charge in [0.15, 0.2) is 0 Å². The molecule has 2 atom stereocenters. The summed E-state index contributed by atoms with van der Waals surface area (Å²) in [5.41, 5.74) is 0.0638. The number of hydrogen-bond acceptors (Lipinski definition) is 3. The van der Waals surface area contributed by atoms with Crippen molar-refractivity contribution in [2.75, 3.05) is 19.8 Å². The number of carbonyl (C=O) groups is 2. The van der Waals surface area contributed by atoms with E-state index in [0.29, 0.717) is 6.54 Å². The maximum atomic E-state index is 11.8. The molecule has 1 fully saturated rings. The number of rotatable bonds is 5. The molecule has 0 bridgehead atoms. The van der Waals surface area contributed by atoms with Crippen LogP contribution in [0.1, 0.15) is 12.5 Å². The number of carbonyl (C=O) groups excluding carboxylic acids is 1. The van der Waals surface area contributed by atoms with Gasteiger partial charge in [-0.3, -0.25) is 4.79 Å². The summed E-state index contributed by atoms with van der Waals surface area (Å²) < 4.78 is 5.19. The van der Waals surface area contributed by atoms with Crippen LogP contribution >= 0.6 is 0 Å². The van der Waals surface area contributed by atoms with Crippen molar-refractivity contribution < 1.29 is 19.4 Å². The second kappa shape index (κ2) is 6.58. The molecule has 1 aromatic carbocycles. The van der Waals surface area contributed by atoms with Crippen LogP contribution in [0.2, 0.25) is 0 Å². The molecule has 21 heavy (non-hydrogen) atoms. The van der Waals surface area contributed by atoms with Crippen molar-refractivity contribution in [2.24, 2.45) is 5.41 Å². The van der Waals surface area contributed by atoms with Crippen molar-refractivity contribution in [3.05, 3.63) is 35.9 Å². The summed E-state index contributed by atoms with van der Waals surface area (Å²) in [7, 11) is 0. The SMILES string of the molecule is CC1(C(=O)O)COCC1NC(=O)NCCc1ccccc1. The van der Waals surface area contributed by atoms with E-state index in [2.05, 4.69) is 10.6 Å². The summed E-state index contributed by atoms with van der Waals surface area (Å²) in [6.45, 7) is 2.40. The highest BCUT2D eigenvalue weighted by Crippen LogP contribution is 2.28. The van der Waals surface area contributed by atoms with Crippen LogP contribution in [0.25, 0.3) is 0 Å². The van der Waals surface area contributed by atoms with E-state index in [1.165, 1.54) is 0 Å². The van der Waals surface area contributed by atoms with Crippen molar-refractivity contribution in [1.29, 1.82) is 0 Å². The Bertz CT molecular complexity index is 506. The molecule has 2 amide bonds. The monoisotopic (exact) mass is 292 g/mol. The molecule has 0 saturated carbocycles. The predicted molar refractivity (Wildman–Crippen MR) is 77.0 cm³/mol. The normalized spacial score (nSPS) is 24.5. The molecule has 114 valence electrons. The largest absolute Gasteiger partial charge is 0.481 e. The minimum absolute atomic E-state index is 0.108. The maximum Gasteiger partial charge on any atom is 0.315 e. The summed E-state index contributed by atoms with van der Waals surface area (Å²) in [5.74, 6) is -0.963. The van der Waals surface area contributed by atoms with Gasteiger partial charge in [-0.15, -0.1) is 0 Å². The topological polar surface area (TPSA) is 87.7 Å². The molecule has 3 N–H and O–H groups in total. The third-order valence-electron chi connectivity index (χ3n) is 3.79. The van der Waals surface area contributed by atoms with Crippen LogP contribution in [0.5, 0.6) is 0 Å². The first-order valence-electron chi connectivity index (χ1n) is 6.92. The minimum Gasteiger partial charge on any atom is -0.481 e. The second-order valence-corrected chi connectivity index (χ2v) is 5.43. The van der Waals surface area contributed by atoms with Crippen molar-refractivity contribution in [2.45, 2.75) is 19.4 Å². The van der Waals surface area contributed by atoms with Gasteiger partial charge in [0, 0.05) is 6.54 Å². The van der Waals surface area contributed by atoms with Crippen LogP contribution in [0.4, 0.5) is 4.79 Å². The van der Waals surface area contributed by atoms with Gasteiger partial charge in [-0.1, -0.05) is 30.3 Å². The molecule has 0 radical (unpaired) electrons. The van der Waals surface area contributed by atoms with Crippen molar-refractivity contribution in [1.82, 2.24) is 10.6 Å². The molecule has 1 heterocycles. The number of hydrogen-bond donors (Lipinski definition) is 3. The second-order valence-electron chi connectivity index (χ2n) is 5.43. The quantitative estimate of drug-likeness (QED) is 0.756. The van der Waals surface area contributed by atoms with E-state index < -0.39 is 17.4 Å². The van der Waals surface area contributed by atoms with Crippen molar-refractivity contribution >= 4 is 12.0 Å². The Morgan fingerprint density at radius 3 is 2.76 bits per heavy atom. The van der Waals surface area contributed by atoms with Gasteiger partial charge in [0.25, 0.3) is 0 Å². The fourth-order valence-corrected chi connectivity index (χ4v) is 2.26. The number of urea groups is 1. The van der Waals surface area contributed by atoms with Gasteiger partial charge >= 0.3 is 12.0 Å². The van der Waals surface area contributed by atoms with Crippen LogP contribution in [-0.4, -0.2) is 42.9 Å². The van der Waals surface area contributed by atoms with E-state index in [1.807, 2.05) is 30.3 Å². The number of carboxylic acid groups (broad SMARTS) is 1. The Balaban J connectivity index is 1.78. The molecule has 0 spiro atoms. The molecule has 6 heteroatoms. The summed E-state index contributed by atoms with van der Waals surface area (Å²) in [6, 6.07) is 8.93. The average Bonchev–Trinajstić information content (AvgIpc) is 2.83. The van der Waals surface area contributed by atoms with Gasteiger partial charge in [-0.2, -0.15) is 0 Å². The first kappa shape index (κ1) is 15.3. The highest BCUT2D eigenvalue weighted by Gasteiger charge is 2.47. The van der Waals surface area contributed by atoms with E-state index in [-0.39, 0.29) is 19.2 Å². The van der Waals surface area contributed by atoms with Gasteiger partial charge in [-0.25, -0.2) is 4.79 Å². The zero-order valence-corrected chi connectivity index (χ0v) is 12.0. The van der Waals surface area contributed by atoms with Crippen LogP contribution < -0.4 is 10.6 Å². The van der Waals surface area contributed by atoms with Gasteiger partial charge in [-0.05, 0) is 18.9 Å². The maximum absolute atomic E-state index is 11.8. The zero-order chi connectivity index (χ0) is 15.3. The molecule has 2 rings (SSSR count). The molecule has 1 saturated heterocycles. The Morgan fingerprint density at radius 2 is 2.10 bits per heavy atom. The number of ether oxygens (including phenoxy) is 1. The number of nitrogens with one attached hydrogen (secondary N) is 2. The molecule has 1 aliphatic rings. The third kappa shape index (κ3) is 3.72. The predicted octanol–water partition coefficient (Wildman–Crippen LogP) is 1.02. The smallest absolute Gasteiger partial charge is 0.315 e. The van der Waals surface area contributed by atoms with Crippen LogP contribution in [0.3, 0.4) is 0 Å². The first-order chi connectivity index (χ1) is 10.0. The number of aliphatic carboxylic acids is 1. The van der Waals surface area contributed by atoms with Gasteiger partial charge in [0.05, 0.1) is 19.3 Å². The van der Waals surface area contributed by atoms with Crippen molar-refractivity contribution in [3.63, 3.8) is 0 Å². The summed E-state index contributed by atoms with van der Waals surface area (Å²) >= 11 is 0. The van der Waals surface area contributed by atoms with E-state index in [9.17, 15) is 14.7 Å². The lowest BCUT2D eigenvalue weighted by molar-refractivity contribution is -0.148. The minimum atomic E-state index is -1.07. The van der Waals surface area contributed by atoms with Gasteiger partial charge in [0.2, 0.25) is 0 Å². The fraction of sp³-hybridized carbons (Fsp3) is 0.467. The average molecular weight is 292 g/mol. The molecular weight excluding hydrogens is 272 g/mol. The Morgan fingerprint density at radius 1 is 1.38 bits per heavy atom. The summed E-state index contributed by atoms with van der Waals surface area (Å²) in [6.07, 6.45) is 0.728. The lowest BCUT2D eigenvalue weighted by Gasteiger charge is -2.25. The zero-order valence-electron chi connectivity index (χ0n) is 12.0. The van der Waals surface area contributed by atoms with Crippen LogP contribution in [0, 0.1) is 5.41 Å². The van der Waals surface area contributed by atoms with Gasteiger partial charge in [0.1, 0.15) is 5.41 Å². The first-order valence-corrected chi connectivity index (χ1v) is 6.92. The summed E-state index contributed by atoms with van der Waals surface area (Å²) in [5, 5.41) is 14.6. The van der Waals surface area contributed by atoms with E-state index in [0.717, 1.165) is 12.0 Å². The molecule has 2 unspecified atom stereocenters. The number of benzene rings is 1. The molecule has 6 nitrogen and oxygen atoms in total. The number of carboxylic acids is 1. The van der Waals surface area contributed by atoms with E-state index >= 15 is 0 Å². The lowest BCUT2D eigenvalue weighted by atomic mass is 9.85. The molecule has 1 aliphatic heterocycles. The fourth-order valence-electron chi connectivity index (χ4n) is 2.26. The third-order valence-corrected chi connectivity index (χ3v) is 3.79. The number of amides is 2. The van der Waals surface area contributed by atoms with Gasteiger partial charge < -0.3 is 20.5 Å². The highest BCUT2D eigenvalue weighted by atomic mass is 16.5. The Labute approximate surface area is 123 Å². The van der Waals surface area contributed by atoms with E-state index in [1.54, 1.807) is 6.92 Å². The molecule has 1 aromatic rings. The molecular formula is C15H20N2O4. The molecule has 0 aromatic heterocycles. The standard InChI is InChI=1S/C15H20N2O4/c1-15(13(18)19)10-21-9-12(15)17-14(20)16-8-7-11-5-3-2-4-6-11/h2-6,12H,7-10H2,1H3,(H,18,19)(H2,16,17,20). The van der Waals surface area contributed by atoms with Crippen LogP contribution in [-0.2, 0) is 16.0 Å².